The SMILES string of the molecule is CCCCN(CCCC)c1ccc2oc3c4oc(-c5ccc(C(=O)O)cc5)nc4c4[nH]c5ccccc5c4c3c2c1. The van der Waals surface area contributed by atoms with E-state index in [9.17, 15) is 9.90 Å². The molecule has 3 heterocycles. The number of para-hydroxylation sites is 1. The summed E-state index contributed by atoms with van der Waals surface area (Å²) in [6.45, 7) is 6.51. The molecule has 3 aromatic heterocycles. The van der Waals surface area contributed by atoms with E-state index in [1.165, 1.54) is 5.69 Å². The molecule has 0 unspecified atom stereocenters. The third-order valence-electron chi connectivity index (χ3n) is 8.00. The quantitative estimate of drug-likeness (QED) is 0.188. The number of oxazole rings is 1. The first-order valence-electron chi connectivity index (χ1n) is 14.3. The number of fused-ring (bicyclic) bond motifs is 10. The monoisotopic (exact) mass is 545 g/mol. The van der Waals surface area contributed by atoms with Gasteiger partial charge in [0.15, 0.2) is 5.58 Å². The topological polar surface area (TPSA) is 95.5 Å². The molecule has 2 N–H and O–H groups in total. The van der Waals surface area contributed by atoms with E-state index in [2.05, 4.69) is 60.1 Å². The Morgan fingerprint density at radius 2 is 1.63 bits per heavy atom. The van der Waals surface area contributed by atoms with E-state index in [-0.39, 0.29) is 5.56 Å². The van der Waals surface area contributed by atoms with Gasteiger partial charge in [0.05, 0.1) is 11.1 Å². The molecule has 7 aromatic rings. The van der Waals surface area contributed by atoms with Crippen molar-refractivity contribution in [3.63, 3.8) is 0 Å². The molecule has 4 aromatic carbocycles. The molecule has 0 fully saturated rings. The number of nitrogens with one attached hydrogen (secondary N) is 1. The van der Waals surface area contributed by atoms with Gasteiger partial charge in [-0.3, -0.25) is 0 Å². The number of aromatic nitrogens is 2. The molecule has 0 saturated heterocycles. The number of carboxylic acid groups (broad SMARTS) is 1. The van der Waals surface area contributed by atoms with Crippen LogP contribution in [0, 0.1) is 0 Å². The zero-order valence-corrected chi connectivity index (χ0v) is 23.2. The van der Waals surface area contributed by atoms with E-state index in [1.54, 1.807) is 24.3 Å². The summed E-state index contributed by atoms with van der Waals surface area (Å²) in [6, 6.07) is 21.3. The lowest BCUT2D eigenvalue weighted by Crippen LogP contribution is -2.25. The maximum absolute atomic E-state index is 11.4. The summed E-state index contributed by atoms with van der Waals surface area (Å²) >= 11 is 0. The fraction of sp³-hybridized carbons (Fsp3) is 0.235. The van der Waals surface area contributed by atoms with Crippen LogP contribution in [-0.4, -0.2) is 34.1 Å². The van der Waals surface area contributed by atoms with E-state index in [4.69, 9.17) is 13.8 Å². The Labute approximate surface area is 236 Å². The first-order chi connectivity index (χ1) is 20.1. The molecule has 7 rings (SSSR count). The summed E-state index contributed by atoms with van der Waals surface area (Å²) in [4.78, 5) is 22.4. The van der Waals surface area contributed by atoms with Crippen LogP contribution in [0.25, 0.3) is 66.3 Å². The van der Waals surface area contributed by atoms with E-state index in [0.717, 1.165) is 76.9 Å². The Balaban J connectivity index is 1.51. The number of aromatic amines is 1. The molecule has 7 nitrogen and oxygen atoms in total. The smallest absolute Gasteiger partial charge is 0.335 e. The van der Waals surface area contributed by atoms with Gasteiger partial charge < -0.3 is 23.8 Å². The summed E-state index contributed by atoms with van der Waals surface area (Å²) in [5.41, 5.74) is 6.76. The van der Waals surface area contributed by atoms with E-state index in [1.807, 2.05) is 6.07 Å². The number of hydrogen-bond acceptors (Lipinski definition) is 5. The van der Waals surface area contributed by atoms with Crippen LogP contribution in [-0.2, 0) is 0 Å². The van der Waals surface area contributed by atoms with Crippen molar-refractivity contribution in [2.75, 3.05) is 18.0 Å². The highest BCUT2D eigenvalue weighted by atomic mass is 16.4. The van der Waals surface area contributed by atoms with Crippen LogP contribution in [0.2, 0.25) is 0 Å². The van der Waals surface area contributed by atoms with Crippen molar-refractivity contribution in [1.29, 1.82) is 0 Å². The second-order valence-electron chi connectivity index (χ2n) is 10.7. The average molecular weight is 546 g/mol. The molecule has 0 spiro atoms. The van der Waals surface area contributed by atoms with Crippen LogP contribution in [0.4, 0.5) is 5.69 Å². The number of furan rings is 1. The van der Waals surface area contributed by atoms with Gasteiger partial charge in [0, 0.05) is 51.4 Å². The van der Waals surface area contributed by atoms with Gasteiger partial charge in [-0.25, -0.2) is 9.78 Å². The molecule has 0 aliphatic rings. The van der Waals surface area contributed by atoms with Crippen molar-refractivity contribution in [3.05, 3.63) is 72.3 Å². The van der Waals surface area contributed by atoms with Gasteiger partial charge in [-0.05, 0) is 61.4 Å². The Kier molecular flexibility index (Phi) is 6.15. The Morgan fingerprint density at radius 3 is 2.37 bits per heavy atom. The molecule has 0 aliphatic heterocycles. The number of H-pyrrole nitrogens is 1. The number of carboxylic acids is 1. The van der Waals surface area contributed by atoms with Crippen molar-refractivity contribution in [2.45, 2.75) is 39.5 Å². The van der Waals surface area contributed by atoms with Gasteiger partial charge in [-0.1, -0.05) is 44.9 Å². The standard InChI is InChI=1S/C34H31N3O4/c1-3-5-17-37(18-6-4-2)22-15-16-26-24(19-22)28-27-23-9-7-8-10-25(23)35-29(27)30-32(31(28)40-26)41-33(36-30)20-11-13-21(14-12-20)34(38)39/h7-16,19,35H,3-6,17-18H2,1-2H3,(H,38,39). The highest BCUT2D eigenvalue weighted by Crippen LogP contribution is 2.45. The molecule has 7 heteroatoms. The zero-order chi connectivity index (χ0) is 28.1. The highest BCUT2D eigenvalue weighted by Gasteiger charge is 2.24. The largest absolute Gasteiger partial charge is 0.478 e. The second kappa shape index (κ2) is 10.0. The first kappa shape index (κ1) is 25.2. The van der Waals surface area contributed by atoms with Crippen LogP contribution in [0.3, 0.4) is 0 Å². The third kappa shape index (κ3) is 4.11. The predicted octanol–water partition coefficient (Wildman–Crippen LogP) is 9.13. The summed E-state index contributed by atoms with van der Waals surface area (Å²) in [5.74, 6) is -0.559. The number of unbranched alkanes of at least 4 members (excludes halogenated alkanes) is 2. The third-order valence-corrected chi connectivity index (χ3v) is 8.00. The van der Waals surface area contributed by atoms with Crippen LogP contribution in [0.1, 0.15) is 49.9 Å². The predicted molar refractivity (Wildman–Crippen MR) is 165 cm³/mol. The fourth-order valence-corrected chi connectivity index (χ4v) is 5.86. The summed E-state index contributed by atoms with van der Waals surface area (Å²) < 4.78 is 12.9. The Bertz CT molecular complexity index is 2060. The maximum atomic E-state index is 11.4. The summed E-state index contributed by atoms with van der Waals surface area (Å²) in [6.07, 6.45) is 4.60. The van der Waals surface area contributed by atoms with E-state index < -0.39 is 5.97 Å². The molecule has 0 radical (unpaired) electrons. The maximum Gasteiger partial charge on any atom is 0.335 e. The van der Waals surface area contributed by atoms with Gasteiger partial charge >= 0.3 is 5.97 Å². The number of nitrogens with zero attached hydrogens (tertiary/aromatic N) is 2. The summed E-state index contributed by atoms with van der Waals surface area (Å²) in [7, 11) is 0. The van der Waals surface area contributed by atoms with Crippen LogP contribution >= 0.6 is 0 Å². The lowest BCUT2D eigenvalue weighted by molar-refractivity contribution is 0.0697. The molecule has 0 bridgehead atoms. The van der Waals surface area contributed by atoms with Crippen molar-refractivity contribution < 1.29 is 18.7 Å². The number of anilines is 1. The Hall–Kier alpha value is -4.78. The van der Waals surface area contributed by atoms with Crippen molar-refractivity contribution in [1.82, 2.24) is 9.97 Å². The minimum atomic E-state index is -0.972. The molecule has 0 atom stereocenters. The minimum Gasteiger partial charge on any atom is -0.478 e. The van der Waals surface area contributed by atoms with Gasteiger partial charge in [-0.2, -0.15) is 0 Å². The number of rotatable bonds is 9. The molecule has 41 heavy (non-hydrogen) atoms. The van der Waals surface area contributed by atoms with Gasteiger partial charge in [0.2, 0.25) is 11.5 Å². The van der Waals surface area contributed by atoms with E-state index in [0.29, 0.717) is 28.1 Å². The van der Waals surface area contributed by atoms with Gasteiger partial charge in [0.1, 0.15) is 11.1 Å². The highest BCUT2D eigenvalue weighted by molar-refractivity contribution is 6.34. The van der Waals surface area contributed by atoms with Crippen molar-refractivity contribution in [3.8, 4) is 11.5 Å². The normalized spacial score (nSPS) is 12.0. The van der Waals surface area contributed by atoms with Crippen molar-refractivity contribution >= 4 is 66.5 Å². The molecular formula is C34H31N3O4. The van der Waals surface area contributed by atoms with E-state index >= 15 is 0 Å². The summed E-state index contributed by atoms with van der Waals surface area (Å²) in [5, 5.41) is 13.5. The molecule has 206 valence electrons. The Morgan fingerprint density at radius 1 is 0.878 bits per heavy atom. The number of aromatic carboxylic acids is 1. The van der Waals surface area contributed by atoms with Crippen molar-refractivity contribution in [2.24, 2.45) is 0 Å². The molecular weight excluding hydrogens is 514 g/mol. The number of hydrogen-bond donors (Lipinski definition) is 2. The van der Waals surface area contributed by atoms with Gasteiger partial charge in [0.25, 0.3) is 0 Å². The van der Waals surface area contributed by atoms with Crippen LogP contribution in [0.5, 0.6) is 0 Å². The second-order valence-corrected chi connectivity index (χ2v) is 10.7. The van der Waals surface area contributed by atoms with Crippen LogP contribution < -0.4 is 4.90 Å². The lowest BCUT2D eigenvalue weighted by atomic mass is 10.0. The van der Waals surface area contributed by atoms with Gasteiger partial charge in [-0.15, -0.1) is 0 Å². The lowest BCUT2D eigenvalue weighted by Gasteiger charge is -2.24. The first-order valence-corrected chi connectivity index (χ1v) is 14.3. The fourth-order valence-electron chi connectivity index (χ4n) is 5.86. The molecule has 0 aliphatic carbocycles. The van der Waals surface area contributed by atoms with Crippen LogP contribution in [0.15, 0.2) is 75.6 Å². The zero-order valence-electron chi connectivity index (χ0n) is 23.2. The number of benzene rings is 4. The number of carbonyl (C=O) groups is 1. The average Bonchev–Trinajstić information content (AvgIpc) is 3.70. The molecule has 0 saturated carbocycles. The molecule has 0 amide bonds. The minimum absolute atomic E-state index is 0.213.